The fraction of sp³-hybridized carbons (Fsp3) is 0.105. The van der Waals surface area contributed by atoms with Crippen LogP contribution in [0.2, 0.25) is 5.02 Å². The van der Waals surface area contributed by atoms with Gasteiger partial charge in [0.15, 0.2) is 5.69 Å². The number of allylic oxidation sites excluding steroid dienone is 3. The molecule has 4 nitrogen and oxygen atoms in total. The van der Waals surface area contributed by atoms with E-state index in [9.17, 15) is 10.5 Å². The van der Waals surface area contributed by atoms with Crippen LogP contribution in [0.15, 0.2) is 29.8 Å². The smallest absolute Gasteiger partial charge is 0.286 e. The molecule has 24 heavy (non-hydrogen) atoms. The number of aromatic nitrogens is 1. The minimum Gasteiger partial charge on any atom is -0.286 e. The second-order valence-electron chi connectivity index (χ2n) is 5.59. The highest BCUT2D eigenvalue weighted by Gasteiger charge is 2.32. The van der Waals surface area contributed by atoms with E-state index < -0.39 is 0 Å². The van der Waals surface area contributed by atoms with Crippen molar-refractivity contribution in [1.82, 2.24) is 0 Å². The van der Waals surface area contributed by atoms with Crippen LogP contribution < -0.4 is 10.7 Å². The first-order chi connectivity index (χ1) is 11.5. The average molecular weight is 334 g/mol. The number of nitriles is 2. The number of rotatable bonds is 1. The molecule has 1 aliphatic rings. The Labute approximate surface area is 145 Å². The molecule has 0 spiro atoms. The highest BCUT2D eigenvalue weighted by atomic mass is 35.5. The third-order valence-corrected chi connectivity index (χ3v) is 4.60. The first-order valence-corrected chi connectivity index (χ1v) is 7.71. The molecule has 1 aromatic heterocycles. The van der Waals surface area contributed by atoms with Gasteiger partial charge in [0.05, 0.1) is 0 Å². The Balaban J connectivity index is 2.36. The van der Waals surface area contributed by atoms with Gasteiger partial charge in [-0.1, -0.05) is 29.8 Å². The fourth-order valence-electron chi connectivity index (χ4n) is 3.02. The summed E-state index contributed by atoms with van der Waals surface area (Å²) in [7, 11) is 0. The van der Waals surface area contributed by atoms with Crippen LogP contribution >= 0.6 is 11.6 Å². The number of pyridine rings is 1. The predicted molar refractivity (Wildman–Crippen MR) is 94.4 cm³/mol. The van der Waals surface area contributed by atoms with Crippen LogP contribution in [-0.2, 0) is 0 Å². The number of aromatic amines is 1. The van der Waals surface area contributed by atoms with E-state index >= 15 is 0 Å². The Bertz CT molecular complexity index is 1020. The van der Waals surface area contributed by atoms with E-state index in [0.29, 0.717) is 21.9 Å². The molecule has 1 aromatic carbocycles. The molecule has 116 valence electrons. The van der Waals surface area contributed by atoms with Crippen molar-refractivity contribution in [2.45, 2.75) is 13.8 Å². The van der Waals surface area contributed by atoms with Crippen LogP contribution in [0.3, 0.4) is 0 Å². The van der Waals surface area contributed by atoms with Gasteiger partial charge in [-0.25, -0.2) is 4.98 Å². The van der Waals surface area contributed by atoms with E-state index in [-0.39, 0.29) is 5.82 Å². The van der Waals surface area contributed by atoms with E-state index in [1.807, 2.05) is 44.2 Å². The maximum absolute atomic E-state index is 9.54. The summed E-state index contributed by atoms with van der Waals surface area (Å²) < 4.78 is 0. The van der Waals surface area contributed by atoms with Gasteiger partial charge in [0.25, 0.3) is 5.82 Å². The van der Waals surface area contributed by atoms with Crippen molar-refractivity contribution in [2.75, 3.05) is 5.73 Å². The summed E-state index contributed by atoms with van der Waals surface area (Å²) in [6.07, 6.45) is 1.94. The van der Waals surface area contributed by atoms with Gasteiger partial charge in [-0.15, -0.1) is 0 Å². The molecular formula is C19H14ClN4+. The third kappa shape index (κ3) is 2.25. The summed E-state index contributed by atoms with van der Waals surface area (Å²) in [4.78, 5) is 3.01. The Morgan fingerprint density at radius 2 is 1.88 bits per heavy atom. The van der Waals surface area contributed by atoms with Crippen molar-refractivity contribution < 1.29 is 4.98 Å². The summed E-state index contributed by atoms with van der Waals surface area (Å²) in [6, 6.07) is 11.8. The second kappa shape index (κ2) is 5.85. The highest BCUT2D eigenvalue weighted by molar-refractivity contribution is 6.32. The molecule has 0 unspecified atom stereocenters. The molecule has 0 aliphatic heterocycles. The SMILES string of the molecule is CC1=C(C#N)c2[nH+]c(N)c(C#N)c(C)c2C1=Cc1ccccc1Cl. The largest absolute Gasteiger partial charge is 0.289 e. The van der Waals surface area contributed by atoms with Crippen molar-refractivity contribution in [3.05, 3.63) is 62.8 Å². The van der Waals surface area contributed by atoms with Crippen LogP contribution in [0.25, 0.3) is 17.2 Å². The lowest BCUT2D eigenvalue weighted by Crippen LogP contribution is -2.20. The van der Waals surface area contributed by atoms with Gasteiger partial charge in [-0.2, -0.15) is 10.5 Å². The van der Waals surface area contributed by atoms with Crippen molar-refractivity contribution >= 4 is 34.6 Å². The lowest BCUT2D eigenvalue weighted by molar-refractivity contribution is -0.364. The average Bonchev–Trinajstić information content (AvgIpc) is 2.81. The highest BCUT2D eigenvalue weighted by Crippen LogP contribution is 2.43. The molecule has 1 aliphatic carbocycles. The van der Waals surface area contributed by atoms with Gasteiger partial charge in [0, 0.05) is 10.6 Å². The molecule has 2 aromatic rings. The lowest BCUT2D eigenvalue weighted by atomic mass is 9.95. The standard InChI is InChI=1S/C19H13ClN4/c1-10-13(7-12-5-3-4-6-16(12)20)17-11(2)15(9-22)19(23)24-18(17)14(10)8-21/h3-7H,1-2H3,(H2,23,24)/p+1. The van der Waals surface area contributed by atoms with E-state index in [2.05, 4.69) is 17.1 Å². The summed E-state index contributed by atoms with van der Waals surface area (Å²) in [6.45, 7) is 3.73. The third-order valence-electron chi connectivity index (χ3n) is 4.26. The van der Waals surface area contributed by atoms with Gasteiger partial charge in [0.2, 0.25) is 0 Å². The van der Waals surface area contributed by atoms with Gasteiger partial charge in [0.1, 0.15) is 23.3 Å². The maximum atomic E-state index is 9.54. The molecular weight excluding hydrogens is 320 g/mol. The number of nitrogens with one attached hydrogen (secondary N) is 1. The molecule has 0 saturated carbocycles. The number of anilines is 1. The fourth-order valence-corrected chi connectivity index (χ4v) is 3.21. The number of halogens is 1. The molecule has 0 radical (unpaired) electrons. The number of nitrogen functional groups attached to an aromatic ring is 1. The van der Waals surface area contributed by atoms with Crippen LogP contribution in [0.1, 0.15) is 34.9 Å². The Morgan fingerprint density at radius 1 is 1.17 bits per heavy atom. The molecule has 0 fully saturated rings. The van der Waals surface area contributed by atoms with Gasteiger partial charge in [-0.05, 0) is 48.3 Å². The molecule has 5 heteroatoms. The number of nitrogens with two attached hydrogens (primary N) is 1. The minimum absolute atomic E-state index is 0.272. The zero-order valence-corrected chi connectivity index (χ0v) is 14.0. The normalized spacial score (nSPS) is 14.5. The van der Waals surface area contributed by atoms with Crippen molar-refractivity contribution in [2.24, 2.45) is 0 Å². The van der Waals surface area contributed by atoms with Crippen LogP contribution in [0.4, 0.5) is 5.82 Å². The monoisotopic (exact) mass is 333 g/mol. The number of nitrogens with zero attached hydrogens (tertiary/aromatic N) is 2. The lowest BCUT2D eigenvalue weighted by Gasteiger charge is -2.09. The zero-order chi connectivity index (χ0) is 17.4. The van der Waals surface area contributed by atoms with Crippen LogP contribution in [-0.4, -0.2) is 0 Å². The van der Waals surface area contributed by atoms with Crippen LogP contribution in [0, 0.1) is 29.6 Å². The van der Waals surface area contributed by atoms with E-state index in [0.717, 1.165) is 27.8 Å². The van der Waals surface area contributed by atoms with E-state index in [4.69, 9.17) is 17.3 Å². The first-order valence-electron chi connectivity index (χ1n) is 7.33. The molecule has 0 atom stereocenters. The summed E-state index contributed by atoms with van der Waals surface area (Å²) >= 11 is 6.27. The topological polar surface area (TPSA) is 87.7 Å². The summed E-state index contributed by atoms with van der Waals surface area (Å²) in [5, 5.41) is 19.5. The quantitative estimate of drug-likeness (QED) is 0.861. The zero-order valence-electron chi connectivity index (χ0n) is 13.2. The second-order valence-corrected chi connectivity index (χ2v) is 6.00. The van der Waals surface area contributed by atoms with E-state index in [1.54, 1.807) is 0 Å². The number of hydrogen-bond donors (Lipinski definition) is 1. The number of H-pyrrole nitrogens is 1. The maximum Gasteiger partial charge on any atom is 0.289 e. The number of benzene rings is 1. The summed E-state index contributed by atoms with van der Waals surface area (Å²) in [5.41, 5.74) is 11.7. The molecule has 1 heterocycles. The summed E-state index contributed by atoms with van der Waals surface area (Å²) in [5.74, 6) is 0.272. The van der Waals surface area contributed by atoms with Crippen molar-refractivity contribution in [1.29, 1.82) is 10.5 Å². The van der Waals surface area contributed by atoms with E-state index in [1.165, 1.54) is 0 Å². The van der Waals surface area contributed by atoms with Crippen molar-refractivity contribution in [3.8, 4) is 12.1 Å². The predicted octanol–water partition coefficient (Wildman–Crippen LogP) is 3.77. The molecule has 0 amide bonds. The van der Waals surface area contributed by atoms with Gasteiger partial charge in [-0.3, -0.25) is 5.73 Å². The number of hydrogen-bond acceptors (Lipinski definition) is 3. The van der Waals surface area contributed by atoms with Gasteiger partial charge < -0.3 is 0 Å². The van der Waals surface area contributed by atoms with Crippen LogP contribution in [0.5, 0.6) is 0 Å². The Kier molecular flexibility index (Phi) is 3.85. The number of fused-ring (bicyclic) bond motifs is 1. The molecule has 0 saturated heterocycles. The molecule has 3 rings (SSSR count). The molecule has 0 bridgehead atoms. The van der Waals surface area contributed by atoms with Gasteiger partial charge >= 0.3 is 0 Å². The minimum atomic E-state index is 0.272. The Hall–Kier alpha value is -3.08. The first kappa shape index (κ1) is 15.8. The van der Waals surface area contributed by atoms with Crippen molar-refractivity contribution in [3.63, 3.8) is 0 Å². The Morgan fingerprint density at radius 3 is 2.50 bits per heavy atom. The molecule has 3 N–H and O–H groups in total.